The highest BCUT2D eigenvalue weighted by Crippen LogP contribution is 2.35. The minimum Gasteiger partial charge on any atom is -0.381 e. The Morgan fingerprint density at radius 3 is 2.53 bits per heavy atom. The molecule has 1 aliphatic rings. The van der Waals surface area contributed by atoms with Crippen LogP contribution in [0.4, 0.5) is 8.78 Å². The minimum atomic E-state index is -0.242. The van der Waals surface area contributed by atoms with Gasteiger partial charge in [-0.1, -0.05) is 30.3 Å². The van der Waals surface area contributed by atoms with Crippen molar-refractivity contribution in [1.82, 2.24) is 10.6 Å². The molecule has 30 heavy (non-hydrogen) atoms. The number of hydrogen-bond donors (Lipinski definition) is 2. The summed E-state index contributed by atoms with van der Waals surface area (Å²) in [5, 5.41) is 6.53. The van der Waals surface area contributed by atoms with E-state index in [1.165, 1.54) is 12.1 Å². The highest BCUT2D eigenvalue weighted by Gasteiger charge is 2.34. The van der Waals surface area contributed by atoms with Gasteiger partial charge < -0.3 is 15.4 Å². The summed E-state index contributed by atoms with van der Waals surface area (Å²) in [6.45, 7) is 5.12. The van der Waals surface area contributed by atoms with Crippen LogP contribution in [0.15, 0.2) is 53.5 Å². The molecule has 0 amide bonds. The van der Waals surface area contributed by atoms with E-state index in [9.17, 15) is 8.78 Å². The van der Waals surface area contributed by atoms with Gasteiger partial charge in [-0.25, -0.2) is 8.78 Å². The molecule has 0 unspecified atom stereocenters. The van der Waals surface area contributed by atoms with Crippen LogP contribution >= 0.6 is 24.0 Å². The number of nitrogens with one attached hydrogen (secondary N) is 2. The summed E-state index contributed by atoms with van der Waals surface area (Å²) in [4.78, 5) is 4.79. The topological polar surface area (TPSA) is 45.7 Å². The molecular formula is C23H30F2IN3O. The molecule has 2 aromatic rings. The second kappa shape index (κ2) is 12.2. The Balaban J connectivity index is 0.00000320. The standard InChI is InChI=1S/C23H29F2N3O.HI/c1-2-26-22(27-13-10-18-6-3-4-9-21(18)25)28-17-23(11-14-29-15-12-23)19-7-5-8-20(24)16-19;/h3-9,16H,2,10-15,17H2,1H3,(H2,26,27,28);1H. The summed E-state index contributed by atoms with van der Waals surface area (Å²) in [7, 11) is 0. The van der Waals surface area contributed by atoms with Crippen LogP contribution in [0.1, 0.15) is 30.9 Å². The van der Waals surface area contributed by atoms with E-state index in [2.05, 4.69) is 10.6 Å². The fraction of sp³-hybridized carbons (Fsp3) is 0.435. The van der Waals surface area contributed by atoms with Gasteiger partial charge in [0.2, 0.25) is 0 Å². The zero-order valence-electron chi connectivity index (χ0n) is 17.3. The van der Waals surface area contributed by atoms with Gasteiger partial charge in [0.25, 0.3) is 0 Å². The molecule has 2 aromatic carbocycles. The molecule has 164 valence electrons. The largest absolute Gasteiger partial charge is 0.381 e. The van der Waals surface area contributed by atoms with Crippen molar-refractivity contribution in [1.29, 1.82) is 0 Å². The van der Waals surface area contributed by atoms with Crippen LogP contribution in [0, 0.1) is 11.6 Å². The maximum atomic E-state index is 13.8. The third-order valence-electron chi connectivity index (χ3n) is 5.42. The van der Waals surface area contributed by atoms with Gasteiger partial charge in [0.05, 0.1) is 6.54 Å². The van der Waals surface area contributed by atoms with Crippen LogP contribution in [0.2, 0.25) is 0 Å². The molecule has 3 rings (SSSR count). The molecule has 1 fully saturated rings. The fourth-order valence-corrected chi connectivity index (χ4v) is 3.71. The lowest BCUT2D eigenvalue weighted by Crippen LogP contribution is -2.41. The van der Waals surface area contributed by atoms with Crippen LogP contribution in [-0.4, -0.2) is 38.8 Å². The van der Waals surface area contributed by atoms with E-state index in [4.69, 9.17) is 9.73 Å². The highest BCUT2D eigenvalue weighted by molar-refractivity contribution is 14.0. The normalized spacial score (nSPS) is 15.9. The van der Waals surface area contributed by atoms with Crippen molar-refractivity contribution in [2.75, 3.05) is 32.8 Å². The molecule has 0 radical (unpaired) electrons. The van der Waals surface area contributed by atoms with Crippen molar-refractivity contribution in [2.24, 2.45) is 4.99 Å². The van der Waals surface area contributed by atoms with Gasteiger partial charge in [-0.15, -0.1) is 24.0 Å². The minimum absolute atomic E-state index is 0. The number of nitrogens with zero attached hydrogens (tertiary/aromatic N) is 1. The van der Waals surface area contributed by atoms with E-state index in [0.717, 1.165) is 24.9 Å². The second-order valence-corrected chi connectivity index (χ2v) is 7.37. The first kappa shape index (κ1) is 24.5. The van der Waals surface area contributed by atoms with Crippen molar-refractivity contribution < 1.29 is 13.5 Å². The number of guanidine groups is 1. The Labute approximate surface area is 194 Å². The van der Waals surface area contributed by atoms with Gasteiger partial charge in [-0.3, -0.25) is 4.99 Å². The Morgan fingerprint density at radius 1 is 1.07 bits per heavy atom. The van der Waals surface area contributed by atoms with E-state index < -0.39 is 0 Å². The number of aliphatic imine (C=N–C) groups is 1. The smallest absolute Gasteiger partial charge is 0.191 e. The molecule has 0 spiro atoms. The lowest BCUT2D eigenvalue weighted by molar-refractivity contribution is 0.0530. The van der Waals surface area contributed by atoms with E-state index in [-0.39, 0.29) is 41.0 Å². The van der Waals surface area contributed by atoms with Gasteiger partial charge in [0, 0.05) is 31.7 Å². The van der Waals surface area contributed by atoms with Crippen molar-refractivity contribution in [2.45, 2.75) is 31.6 Å². The Kier molecular flexibility index (Phi) is 9.97. The molecule has 0 aromatic heterocycles. The zero-order chi connectivity index (χ0) is 20.5. The van der Waals surface area contributed by atoms with Crippen LogP contribution in [0.25, 0.3) is 0 Å². The molecule has 2 N–H and O–H groups in total. The predicted octanol–water partition coefficient (Wildman–Crippen LogP) is 4.43. The predicted molar refractivity (Wildman–Crippen MR) is 128 cm³/mol. The maximum absolute atomic E-state index is 13.8. The number of rotatable bonds is 7. The molecule has 0 aliphatic carbocycles. The third kappa shape index (κ3) is 6.63. The van der Waals surface area contributed by atoms with Gasteiger partial charge in [-0.2, -0.15) is 0 Å². The van der Waals surface area contributed by atoms with Crippen LogP contribution in [0.5, 0.6) is 0 Å². The molecule has 0 saturated carbocycles. The summed E-state index contributed by atoms with van der Waals surface area (Å²) in [5.74, 6) is 0.266. The Hall–Kier alpha value is -1.74. The quantitative estimate of drug-likeness (QED) is 0.317. The molecule has 7 heteroatoms. The summed E-state index contributed by atoms with van der Waals surface area (Å²) in [6, 6.07) is 13.6. The number of hydrogen-bond acceptors (Lipinski definition) is 2. The lowest BCUT2D eigenvalue weighted by Gasteiger charge is -2.36. The molecule has 1 saturated heterocycles. The molecule has 0 atom stereocenters. The average Bonchev–Trinajstić information content (AvgIpc) is 2.74. The first-order valence-electron chi connectivity index (χ1n) is 10.2. The first-order valence-corrected chi connectivity index (χ1v) is 10.2. The lowest BCUT2D eigenvalue weighted by atomic mass is 9.74. The van der Waals surface area contributed by atoms with Crippen molar-refractivity contribution in [3.8, 4) is 0 Å². The van der Waals surface area contributed by atoms with Crippen LogP contribution in [-0.2, 0) is 16.6 Å². The van der Waals surface area contributed by atoms with Crippen molar-refractivity contribution in [3.63, 3.8) is 0 Å². The first-order chi connectivity index (χ1) is 14.1. The van der Waals surface area contributed by atoms with Gasteiger partial charge >= 0.3 is 0 Å². The maximum Gasteiger partial charge on any atom is 0.191 e. The van der Waals surface area contributed by atoms with Crippen molar-refractivity contribution in [3.05, 3.63) is 71.3 Å². The summed E-state index contributed by atoms with van der Waals surface area (Å²) in [5.41, 5.74) is 1.40. The molecule has 1 aliphatic heterocycles. The summed E-state index contributed by atoms with van der Waals surface area (Å²) < 4.78 is 33.2. The van der Waals surface area contributed by atoms with Crippen LogP contribution < -0.4 is 10.6 Å². The Bertz CT molecular complexity index is 826. The average molecular weight is 529 g/mol. The fourth-order valence-electron chi connectivity index (χ4n) is 3.71. The zero-order valence-corrected chi connectivity index (χ0v) is 19.6. The second-order valence-electron chi connectivity index (χ2n) is 7.37. The SMILES string of the molecule is CCNC(=NCC1(c2cccc(F)c2)CCOCC1)NCCc1ccccc1F.I. The monoisotopic (exact) mass is 529 g/mol. The van der Waals surface area contributed by atoms with Crippen molar-refractivity contribution >= 4 is 29.9 Å². The Morgan fingerprint density at radius 2 is 1.83 bits per heavy atom. The van der Waals surface area contributed by atoms with E-state index in [1.54, 1.807) is 24.3 Å². The molecule has 4 nitrogen and oxygen atoms in total. The van der Waals surface area contributed by atoms with Gasteiger partial charge in [0.15, 0.2) is 5.96 Å². The summed E-state index contributed by atoms with van der Waals surface area (Å²) >= 11 is 0. The highest BCUT2D eigenvalue weighted by atomic mass is 127. The van der Waals surface area contributed by atoms with E-state index in [0.29, 0.717) is 44.2 Å². The van der Waals surface area contributed by atoms with E-state index in [1.807, 2.05) is 19.1 Å². The van der Waals surface area contributed by atoms with Gasteiger partial charge in [0.1, 0.15) is 11.6 Å². The number of ether oxygens (including phenoxy) is 1. The number of halogens is 3. The summed E-state index contributed by atoms with van der Waals surface area (Å²) in [6.07, 6.45) is 2.17. The van der Waals surface area contributed by atoms with Gasteiger partial charge in [-0.05, 0) is 55.5 Å². The van der Waals surface area contributed by atoms with E-state index >= 15 is 0 Å². The van der Waals surface area contributed by atoms with Crippen LogP contribution in [0.3, 0.4) is 0 Å². The molecule has 0 bridgehead atoms. The third-order valence-corrected chi connectivity index (χ3v) is 5.42. The molecule has 1 heterocycles. The number of benzene rings is 2. The molecular weight excluding hydrogens is 499 g/mol.